The largest absolute Gasteiger partial charge is 0.488 e. The van der Waals surface area contributed by atoms with Crippen molar-refractivity contribution in [1.82, 2.24) is 14.9 Å². The molecule has 0 spiro atoms. The number of benzene rings is 1. The number of carbonyl (C=O) groups excluding carboxylic acids is 2. The van der Waals surface area contributed by atoms with Crippen molar-refractivity contribution in [3.63, 3.8) is 0 Å². The van der Waals surface area contributed by atoms with E-state index in [1.54, 1.807) is 12.1 Å². The summed E-state index contributed by atoms with van der Waals surface area (Å²) in [6, 6.07) is 3.57. The van der Waals surface area contributed by atoms with Crippen LogP contribution in [-0.2, 0) is 21.2 Å². The molecule has 164 valence electrons. The lowest BCUT2D eigenvalue weighted by atomic mass is 10.1. The normalized spacial score (nSPS) is 15.6. The molecule has 2 aromatic rings. The van der Waals surface area contributed by atoms with Crippen molar-refractivity contribution in [1.29, 1.82) is 0 Å². The Labute approximate surface area is 191 Å². The summed E-state index contributed by atoms with van der Waals surface area (Å²) in [6.45, 7) is 1.88. The fraction of sp³-hybridized carbons (Fsp3) is 0.263. The number of methoxy groups -OCH3 is 1. The highest BCUT2D eigenvalue weighted by Crippen LogP contribution is 2.35. The minimum atomic E-state index is -3.57. The van der Waals surface area contributed by atoms with Gasteiger partial charge in [-0.3, -0.25) is 14.5 Å². The molecule has 2 amide bonds. The third-order valence-electron chi connectivity index (χ3n) is 4.28. The molecule has 1 aliphatic rings. The maximum absolute atomic E-state index is 12.2. The average Bonchev–Trinajstić information content (AvgIpc) is 2.94. The van der Waals surface area contributed by atoms with E-state index in [0.29, 0.717) is 21.8 Å². The van der Waals surface area contributed by atoms with Gasteiger partial charge in [0.1, 0.15) is 12.4 Å². The van der Waals surface area contributed by atoms with Gasteiger partial charge in [-0.1, -0.05) is 15.9 Å². The SMILES string of the molecule is COc1nc(S(C)(=O)=O)ncc1COc1cc(/C=C2\SC(=O)N(C)C2=O)c(Br)cc1C. The summed E-state index contributed by atoms with van der Waals surface area (Å²) in [4.78, 5) is 33.0. The third-order valence-corrected chi connectivity index (χ3v) is 6.79. The number of rotatable bonds is 6. The zero-order valence-electron chi connectivity index (χ0n) is 17.0. The van der Waals surface area contributed by atoms with Gasteiger partial charge in [0, 0.05) is 24.0 Å². The Morgan fingerprint density at radius 3 is 2.58 bits per heavy atom. The monoisotopic (exact) mass is 527 g/mol. The molecule has 3 rings (SSSR count). The molecule has 2 heterocycles. The number of imide groups is 1. The molecule has 1 fully saturated rings. The molecule has 0 unspecified atom stereocenters. The molecule has 1 aromatic heterocycles. The number of carbonyl (C=O) groups is 2. The Hall–Kier alpha value is -2.44. The second-order valence-electron chi connectivity index (χ2n) is 6.63. The smallest absolute Gasteiger partial charge is 0.293 e. The van der Waals surface area contributed by atoms with E-state index >= 15 is 0 Å². The molecule has 9 nitrogen and oxygen atoms in total. The number of sulfone groups is 1. The van der Waals surface area contributed by atoms with Gasteiger partial charge in [-0.25, -0.2) is 13.4 Å². The molecule has 1 aliphatic heterocycles. The van der Waals surface area contributed by atoms with Crippen molar-refractivity contribution in [3.8, 4) is 11.6 Å². The van der Waals surface area contributed by atoms with E-state index in [2.05, 4.69) is 25.9 Å². The first-order valence-corrected chi connectivity index (χ1v) is 12.3. The van der Waals surface area contributed by atoms with Crippen LogP contribution in [0.25, 0.3) is 6.08 Å². The summed E-state index contributed by atoms with van der Waals surface area (Å²) < 4.78 is 35.1. The van der Waals surface area contributed by atoms with Crippen LogP contribution in [-0.4, -0.2) is 54.8 Å². The topological polar surface area (TPSA) is 116 Å². The fourth-order valence-corrected chi connectivity index (χ4v) is 4.49. The van der Waals surface area contributed by atoms with Crippen molar-refractivity contribution < 1.29 is 27.5 Å². The molecule has 0 saturated carbocycles. The number of amides is 2. The first-order chi connectivity index (χ1) is 14.5. The summed E-state index contributed by atoms with van der Waals surface area (Å²) in [5.41, 5.74) is 1.95. The second-order valence-corrected chi connectivity index (χ2v) is 10.4. The lowest BCUT2D eigenvalue weighted by Gasteiger charge is -2.13. The molecular formula is C19H18BrN3O6S2. The van der Waals surface area contributed by atoms with Gasteiger partial charge in [-0.15, -0.1) is 0 Å². The Morgan fingerprint density at radius 1 is 1.29 bits per heavy atom. The van der Waals surface area contributed by atoms with Gasteiger partial charge >= 0.3 is 0 Å². The van der Waals surface area contributed by atoms with Crippen molar-refractivity contribution in [2.45, 2.75) is 18.7 Å². The standard InChI is InChI=1S/C19H18BrN3O6S2/c1-10-5-13(20)11(7-15-17(24)23(2)19(25)30-15)6-14(10)29-9-12-8-21-18(31(4,26)27)22-16(12)28-3/h5-8H,9H2,1-4H3/b15-7-. The molecule has 0 bridgehead atoms. The molecule has 0 atom stereocenters. The number of hydrogen-bond donors (Lipinski definition) is 0. The zero-order valence-corrected chi connectivity index (χ0v) is 20.2. The number of halogens is 1. The number of aromatic nitrogens is 2. The third kappa shape index (κ3) is 5.08. The fourth-order valence-electron chi connectivity index (χ4n) is 2.61. The molecule has 1 saturated heterocycles. The minimum Gasteiger partial charge on any atom is -0.488 e. The summed E-state index contributed by atoms with van der Waals surface area (Å²) in [5, 5.41) is -0.666. The number of nitrogens with zero attached hydrogens (tertiary/aromatic N) is 3. The Balaban J connectivity index is 1.87. The molecular weight excluding hydrogens is 510 g/mol. The molecule has 1 aromatic carbocycles. The average molecular weight is 528 g/mol. The predicted molar refractivity (Wildman–Crippen MR) is 119 cm³/mol. The lowest BCUT2D eigenvalue weighted by molar-refractivity contribution is -0.121. The van der Waals surface area contributed by atoms with E-state index in [0.717, 1.165) is 33.0 Å². The van der Waals surface area contributed by atoms with Gasteiger partial charge in [0.25, 0.3) is 11.1 Å². The van der Waals surface area contributed by atoms with Crippen LogP contribution in [0.5, 0.6) is 11.6 Å². The van der Waals surface area contributed by atoms with Gasteiger partial charge in [-0.05, 0) is 48.0 Å². The molecule has 0 radical (unpaired) electrons. The maximum Gasteiger partial charge on any atom is 0.293 e. The van der Waals surface area contributed by atoms with Crippen LogP contribution in [0, 0.1) is 6.92 Å². The molecule has 12 heteroatoms. The van der Waals surface area contributed by atoms with Crippen molar-refractivity contribution in [2.24, 2.45) is 0 Å². The predicted octanol–water partition coefficient (Wildman–Crippen LogP) is 3.20. The van der Waals surface area contributed by atoms with E-state index in [1.807, 2.05) is 13.0 Å². The van der Waals surface area contributed by atoms with Gasteiger partial charge in [0.2, 0.25) is 20.9 Å². The van der Waals surface area contributed by atoms with E-state index in [4.69, 9.17) is 9.47 Å². The molecule has 31 heavy (non-hydrogen) atoms. The molecule has 0 aliphatic carbocycles. The number of aryl methyl sites for hydroxylation is 1. The van der Waals surface area contributed by atoms with E-state index < -0.39 is 9.84 Å². The van der Waals surface area contributed by atoms with Gasteiger partial charge in [0.15, 0.2) is 0 Å². The summed E-state index contributed by atoms with van der Waals surface area (Å²) >= 11 is 4.34. The number of thioether (sulfide) groups is 1. The van der Waals surface area contributed by atoms with Crippen LogP contribution in [0.4, 0.5) is 4.79 Å². The van der Waals surface area contributed by atoms with Crippen LogP contribution < -0.4 is 9.47 Å². The molecule has 0 N–H and O–H groups in total. The number of ether oxygens (including phenoxy) is 2. The number of hydrogen-bond acceptors (Lipinski definition) is 9. The zero-order chi connectivity index (χ0) is 22.9. The minimum absolute atomic E-state index is 0.0284. The van der Waals surface area contributed by atoms with Crippen molar-refractivity contribution >= 4 is 54.8 Å². The quantitative estimate of drug-likeness (QED) is 0.412. The Morgan fingerprint density at radius 2 is 2.00 bits per heavy atom. The van der Waals surface area contributed by atoms with Gasteiger partial charge < -0.3 is 9.47 Å². The van der Waals surface area contributed by atoms with Gasteiger partial charge in [0.05, 0.1) is 17.6 Å². The highest BCUT2D eigenvalue weighted by molar-refractivity contribution is 9.10. The maximum atomic E-state index is 12.2. The number of likely N-dealkylation sites (N-methyl/N-ethyl adjacent to an activating group) is 1. The summed E-state index contributed by atoms with van der Waals surface area (Å²) in [7, 11) is -0.763. The van der Waals surface area contributed by atoms with Crippen molar-refractivity contribution in [3.05, 3.63) is 44.4 Å². The lowest BCUT2D eigenvalue weighted by Crippen LogP contribution is -2.22. The van der Waals surface area contributed by atoms with Crippen LogP contribution >= 0.6 is 27.7 Å². The van der Waals surface area contributed by atoms with Gasteiger partial charge in [-0.2, -0.15) is 4.98 Å². The van der Waals surface area contributed by atoms with Crippen molar-refractivity contribution in [2.75, 3.05) is 20.4 Å². The van der Waals surface area contributed by atoms with E-state index in [1.165, 1.54) is 20.4 Å². The first kappa shape index (κ1) is 23.2. The van der Waals surface area contributed by atoms with Crippen LogP contribution in [0.3, 0.4) is 0 Å². The van der Waals surface area contributed by atoms with Crippen LogP contribution in [0.2, 0.25) is 0 Å². The highest BCUT2D eigenvalue weighted by Gasteiger charge is 2.32. The van der Waals surface area contributed by atoms with Crippen LogP contribution in [0.1, 0.15) is 16.7 Å². The second kappa shape index (κ2) is 8.97. The Kier molecular flexibility index (Phi) is 6.72. The summed E-state index contributed by atoms with van der Waals surface area (Å²) in [5.74, 6) is 0.263. The highest BCUT2D eigenvalue weighted by atomic mass is 79.9. The Bertz CT molecular complexity index is 1210. The van der Waals surface area contributed by atoms with Crippen LogP contribution in [0.15, 0.2) is 32.9 Å². The van der Waals surface area contributed by atoms with E-state index in [-0.39, 0.29) is 28.8 Å². The summed E-state index contributed by atoms with van der Waals surface area (Å²) in [6.07, 6.45) is 3.97. The first-order valence-electron chi connectivity index (χ1n) is 8.75. The van der Waals surface area contributed by atoms with E-state index in [9.17, 15) is 18.0 Å².